The van der Waals surface area contributed by atoms with Crippen molar-refractivity contribution in [1.29, 1.82) is 5.41 Å². The molecule has 0 heterocycles. The number of benzene rings is 1. The molecule has 19 heavy (non-hydrogen) atoms. The van der Waals surface area contributed by atoms with E-state index in [-0.39, 0.29) is 5.56 Å². The Morgan fingerprint density at radius 2 is 2.05 bits per heavy atom. The summed E-state index contributed by atoms with van der Waals surface area (Å²) < 4.78 is 43.6. The smallest absolute Gasteiger partial charge is 0.384 e. The van der Waals surface area contributed by atoms with E-state index in [0.717, 1.165) is 6.07 Å². The van der Waals surface area contributed by atoms with Crippen molar-refractivity contribution in [1.82, 2.24) is 0 Å². The van der Waals surface area contributed by atoms with Crippen molar-refractivity contribution in [2.75, 3.05) is 32.2 Å². The van der Waals surface area contributed by atoms with Crippen LogP contribution in [0.5, 0.6) is 0 Å². The van der Waals surface area contributed by atoms with Crippen molar-refractivity contribution in [2.24, 2.45) is 5.73 Å². The Kier molecular flexibility index (Phi) is 4.77. The summed E-state index contributed by atoms with van der Waals surface area (Å²) in [6.07, 6.45) is -4.54. The number of likely N-dealkylation sites (N-methyl/N-ethyl adjacent to an activating group) is 1. The number of nitrogens with two attached hydrogens (primary N) is 1. The number of amidine groups is 1. The minimum Gasteiger partial charge on any atom is -0.384 e. The number of halogens is 3. The second-order valence-electron chi connectivity index (χ2n) is 4.06. The van der Waals surface area contributed by atoms with Crippen LogP contribution in [0.1, 0.15) is 11.1 Å². The highest BCUT2D eigenvalue weighted by Gasteiger charge is 2.34. The van der Waals surface area contributed by atoms with Crippen LogP contribution in [-0.2, 0) is 10.9 Å². The van der Waals surface area contributed by atoms with Gasteiger partial charge in [-0.2, -0.15) is 13.2 Å². The van der Waals surface area contributed by atoms with Gasteiger partial charge in [0.15, 0.2) is 0 Å². The molecule has 1 aromatic carbocycles. The summed E-state index contributed by atoms with van der Waals surface area (Å²) in [7, 11) is 3.19. The van der Waals surface area contributed by atoms with Gasteiger partial charge in [0, 0.05) is 32.0 Å². The van der Waals surface area contributed by atoms with E-state index in [0.29, 0.717) is 18.8 Å². The van der Waals surface area contributed by atoms with E-state index in [1.165, 1.54) is 19.2 Å². The van der Waals surface area contributed by atoms with Crippen molar-refractivity contribution in [3.63, 3.8) is 0 Å². The number of ether oxygens (including phenoxy) is 1. The molecular formula is C12H16F3N3O. The lowest BCUT2D eigenvalue weighted by atomic mass is 10.0. The van der Waals surface area contributed by atoms with Gasteiger partial charge < -0.3 is 15.4 Å². The Labute approximate surface area is 109 Å². The van der Waals surface area contributed by atoms with Crippen molar-refractivity contribution >= 4 is 11.5 Å². The molecule has 0 aromatic heterocycles. The number of methoxy groups -OCH3 is 1. The fourth-order valence-electron chi connectivity index (χ4n) is 1.60. The molecule has 0 unspecified atom stereocenters. The lowest BCUT2D eigenvalue weighted by Crippen LogP contribution is -2.24. The minimum absolute atomic E-state index is 0.309. The number of hydrogen-bond donors (Lipinski definition) is 2. The van der Waals surface area contributed by atoms with E-state index in [1.54, 1.807) is 11.9 Å². The van der Waals surface area contributed by atoms with Crippen molar-refractivity contribution in [2.45, 2.75) is 6.18 Å². The molecule has 0 fully saturated rings. The second kappa shape index (κ2) is 5.92. The van der Waals surface area contributed by atoms with Crippen molar-refractivity contribution < 1.29 is 17.9 Å². The van der Waals surface area contributed by atoms with Gasteiger partial charge in [-0.1, -0.05) is 0 Å². The van der Waals surface area contributed by atoms with E-state index in [2.05, 4.69) is 0 Å². The molecule has 4 nitrogen and oxygen atoms in total. The third kappa shape index (κ3) is 3.85. The quantitative estimate of drug-likeness (QED) is 0.639. The number of anilines is 1. The first-order chi connectivity index (χ1) is 8.77. The highest BCUT2D eigenvalue weighted by atomic mass is 19.4. The van der Waals surface area contributed by atoms with Crippen LogP contribution in [0.4, 0.5) is 18.9 Å². The van der Waals surface area contributed by atoms with Crippen LogP contribution in [0.15, 0.2) is 18.2 Å². The summed E-state index contributed by atoms with van der Waals surface area (Å²) in [5, 5.41) is 7.19. The van der Waals surface area contributed by atoms with Gasteiger partial charge in [0.1, 0.15) is 5.84 Å². The van der Waals surface area contributed by atoms with Crippen LogP contribution in [0.3, 0.4) is 0 Å². The van der Waals surface area contributed by atoms with Crippen LogP contribution in [0.25, 0.3) is 0 Å². The summed E-state index contributed by atoms with van der Waals surface area (Å²) in [5.41, 5.74) is 4.35. The second-order valence-corrected chi connectivity index (χ2v) is 4.06. The molecule has 0 amide bonds. The fraction of sp³-hybridized carbons (Fsp3) is 0.417. The fourth-order valence-corrected chi connectivity index (χ4v) is 1.60. The molecule has 1 aromatic rings. The predicted molar refractivity (Wildman–Crippen MR) is 67.6 cm³/mol. The van der Waals surface area contributed by atoms with Gasteiger partial charge in [-0.15, -0.1) is 0 Å². The van der Waals surface area contributed by atoms with Gasteiger partial charge in [-0.25, -0.2) is 0 Å². The predicted octanol–water partition coefficient (Wildman–Crippen LogP) is 2.07. The van der Waals surface area contributed by atoms with E-state index in [9.17, 15) is 13.2 Å². The topological polar surface area (TPSA) is 62.3 Å². The number of alkyl halides is 3. The maximum atomic E-state index is 12.9. The molecule has 0 aliphatic heterocycles. The normalized spacial score (nSPS) is 11.4. The number of nitrogens with one attached hydrogen (secondary N) is 1. The van der Waals surface area contributed by atoms with E-state index >= 15 is 0 Å². The van der Waals surface area contributed by atoms with Crippen LogP contribution in [0, 0.1) is 5.41 Å². The average Bonchev–Trinajstić information content (AvgIpc) is 2.34. The van der Waals surface area contributed by atoms with Gasteiger partial charge in [0.2, 0.25) is 0 Å². The zero-order valence-corrected chi connectivity index (χ0v) is 10.7. The molecular weight excluding hydrogens is 259 g/mol. The average molecular weight is 275 g/mol. The lowest BCUT2D eigenvalue weighted by molar-refractivity contribution is -0.137. The Morgan fingerprint density at radius 3 is 2.53 bits per heavy atom. The van der Waals surface area contributed by atoms with E-state index in [1.807, 2.05) is 0 Å². The molecule has 0 aliphatic carbocycles. The first-order valence-electron chi connectivity index (χ1n) is 5.53. The van der Waals surface area contributed by atoms with Crippen molar-refractivity contribution in [3.8, 4) is 0 Å². The molecule has 0 bridgehead atoms. The molecule has 0 saturated heterocycles. The molecule has 1 rings (SSSR count). The third-order valence-electron chi connectivity index (χ3n) is 2.67. The zero-order valence-electron chi connectivity index (χ0n) is 10.7. The van der Waals surface area contributed by atoms with Crippen LogP contribution >= 0.6 is 0 Å². The molecule has 0 spiro atoms. The third-order valence-corrected chi connectivity index (χ3v) is 2.67. The number of rotatable bonds is 5. The van der Waals surface area contributed by atoms with Gasteiger partial charge >= 0.3 is 6.18 Å². The Hall–Kier alpha value is -1.76. The van der Waals surface area contributed by atoms with Crippen molar-refractivity contribution in [3.05, 3.63) is 29.3 Å². The van der Waals surface area contributed by atoms with Gasteiger partial charge in [-0.3, -0.25) is 5.41 Å². The summed E-state index contributed by atoms with van der Waals surface area (Å²) in [6, 6.07) is 3.71. The minimum atomic E-state index is -4.54. The highest BCUT2D eigenvalue weighted by Crippen LogP contribution is 2.34. The molecule has 106 valence electrons. The Bertz CT molecular complexity index is 460. The Morgan fingerprint density at radius 1 is 1.42 bits per heavy atom. The summed E-state index contributed by atoms with van der Waals surface area (Å²) >= 11 is 0. The first-order valence-corrected chi connectivity index (χ1v) is 5.53. The molecule has 0 saturated carbocycles. The molecule has 0 radical (unpaired) electrons. The largest absolute Gasteiger partial charge is 0.417 e. The number of nitrogens with zero attached hydrogens (tertiary/aromatic N) is 1. The van der Waals surface area contributed by atoms with Gasteiger partial charge in [-0.05, 0) is 18.2 Å². The molecule has 7 heteroatoms. The molecule has 0 aliphatic rings. The van der Waals surface area contributed by atoms with Gasteiger partial charge in [0.25, 0.3) is 0 Å². The van der Waals surface area contributed by atoms with Crippen LogP contribution in [-0.4, -0.2) is 33.1 Å². The maximum absolute atomic E-state index is 12.9. The SMILES string of the molecule is COCCN(C)c1ccc(C(=N)N)c(C(F)(F)F)c1. The molecule has 0 atom stereocenters. The summed E-state index contributed by atoms with van der Waals surface area (Å²) in [6.45, 7) is 0.875. The summed E-state index contributed by atoms with van der Waals surface area (Å²) in [4.78, 5) is 1.64. The number of nitrogen functional groups attached to an aromatic ring is 1. The Balaban J connectivity index is 3.15. The van der Waals surface area contributed by atoms with E-state index < -0.39 is 17.6 Å². The van der Waals surface area contributed by atoms with E-state index in [4.69, 9.17) is 15.9 Å². The van der Waals surface area contributed by atoms with Crippen LogP contribution < -0.4 is 10.6 Å². The zero-order chi connectivity index (χ0) is 14.6. The lowest BCUT2D eigenvalue weighted by Gasteiger charge is -2.21. The van der Waals surface area contributed by atoms with Gasteiger partial charge in [0.05, 0.1) is 12.2 Å². The van der Waals surface area contributed by atoms with Crippen LogP contribution in [0.2, 0.25) is 0 Å². The molecule has 3 N–H and O–H groups in total. The highest BCUT2D eigenvalue weighted by molar-refractivity contribution is 5.97. The first kappa shape index (κ1) is 15.3. The summed E-state index contributed by atoms with van der Waals surface area (Å²) in [5.74, 6) is -0.599. The number of hydrogen-bond acceptors (Lipinski definition) is 3. The standard InChI is InChI=1S/C12H16F3N3O/c1-18(5-6-19-2)8-3-4-9(11(16)17)10(7-8)12(13,14)15/h3-4,7H,5-6H2,1-2H3,(H3,16,17). The maximum Gasteiger partial charge on any atom is 0.417 e. The monoisotopic (exact) mass is 275 g/mol.